The second-order valence-electron chi connectivity index (χ2n) is 5.73. The van der Waals surface area contributed by atoms with Gasteiger partial charge in [-0.2, -0.15) is 4.31 Å². The summed E-state index contributed by atoms with van der Waals surface area (Å²) in [6.07, 6.45) is 0. The van der Waals surface area contributed by atoms with Gasteiger partial charge in [0.15, 0.2) is 0 Å². The van der Waals surface area contributed by atoms with Gasteiger partial charge in [-0.1, -0.05) is 11.6 Å². The second kappa shape index (κ2) is 7.96. The van der Waals surface area contributed by atoms with Gasteiger partial charge in [-0.05, 0) is 32.0 Å². The van der Waals surface area contributed by atoms with Gasteiger partial charge in [0, 0.05) is 27.2 Å². The summed E-state index contributed by atoms with van der Waals surface area (Å²) in [5.41, 5.74) is 0.00135. The number of hydrogen-bond acceptors (Lipinski definition) is 4. The molecule has 0 radical (unpaired) electrons. The van der Waals surface area contributed by atoms with Crippen molar-refractivity contribution in [2.24, 2.45) is 0 Å². The average Bonchev–Trinajstić information content (AvgIpc) is 2.51. The van der Waals surface area contributed by atoms with Crippen LogP contribution >= 0.6 is 11.6 Å². The topological polar surface area (TPSA) is 86.8 Å². The smallest absolute Gasteiger partial charge is 0.253 e. The summed E-state index contributed by atoms with van der Waals surface area (Å²) in [4.78, 5) is 25.0. The molecule has 1 aromatic rings. The number of carbonyl (C=O) groups is 2. The quantitative estimate of drug-likeness (QED) is 0.809. The summed E-state index contributed by atoms with van der Waals surface area (Å²) in [6.45, 7) is 3.28. The number of carbonyl (C=O) groups excluding carboxylic acids is 2. The summed E-state index contributed by atoms with van der Waals surface area (Å²) < 4.78 is 26.2. The minimum atomic E-state index is -3.74. The number of halogens is 1. The SMILES string of the molecule is CC(C)N(C)S(=O)(=O)c1ccc(Cl)c(C(=O)NCC(=O)N(C)C)c1. The number of benzene rings is 1. The van der Waals surface area contributed by atoms with Crippen LogP contribution in [0.2, 0.25) is 5.02 Å². The molecule has 0 fully saturated rings. The number of likely N-dealkylation sites (N-methyl/N-ethyl adjacent to an activating group) is 1. The Labute approximate surface area is 147 Å². The Bertz CT molecular complexity index is 732. The van der Waals surface area contributed by atoms with Gasteiger partial charge in [0.05, 0.1) is 22.0 Å². The molecule has 0 saturated heterocycles. The lowest BCUT2D eigenvalue weighted by atomic mass is 10.2. The average molecular weight is 376 g/mol. The number of rotatable bonds is 6. The third kappa shape index (κ3) is 4.68. The first-order valence-corrected chi connectivity index (χ1v) is 9.06. The Morgan fingerprint density at radius 3 is 2.29 bits per heavy atom. The van der Waals surface area contributed by atoms with Crippen molar-refractivity contribution in [1.82, 2.24) is 14.5 Å². The van der Waals surface area contributed by atoms with Crippen LogP contribution in [0.5, 0.6) is 0 Å². The Morgan fingerprint density at radius 2 is 1.79 bits per heavy atom. The van der Waals surface area contributed by atoms with Crippen LogP contribution in [-0.4, -0.2) is 63.2 Å². The van der Waals surface area contributed by atoms with Crippen LogP contribution in [0.4, 0.5) is 0 Å². The molecule has 0 heterocycles. The van der Waals surface area contributed by atoms with Gasteiger partial charge in [-0.3, -0.25) is 9.59 Å². The Kier molecular flexibility index (Phi) is 6.76. The van der Waals surface area contributed by atoms with E-state index in [1.165, 1.54) is 34.5 Å². The van der Waals surface area contributed by atoms with Gasteiger partial charge in [0.25, 0.3) is 5.91 Å². The highest BCUT2D eigenvalue weighted by Crippen LogP contribution is 2.23. The maximum absolute atomic E-state index is 12.5. The van der Waals surface area contributed by atoms with E-state index in [-0.39, 0.29) is 34.0 Å². The third-order valence-corrected chi connectivity index (χ3v) is 5.84. The van der Waals surface area contributed by atoms with Crippen molar-refractivity contribution < 1.29 is 18.0 Å². The van der Waals surface area contributed by atoms with E-state index in [1.807, 2.05) is 0 Å². The van der Waals surface area contributed by atoms with E-state index < -0.39 is 15.9 Å². The zero-order valence-corrected chi connectivity index (χ0v) is 15.9. The monoisotopic (exact) mass is 375 g/mol. The molecule has 0 aliphatic heterocycles. The Balaban J connectivity index is 3.10. The zero-order valence-electron chi connectivity index (χ0n) is 14.3. The van der Waals surface area contributed by atoms with Gasteiger partial charge in [-0.15, -0.1) is 0 Å². The molecule has 9 heteroatoms. The molecule has 0 aliphatic carbocycles. The van der Waals surface area contributed by atoms with Crippen molar-refractivity contribution in [3.8, 4) is 0 Å². The summed E-state index contributed by atoms with van der Waals surface area (Å²) >= 11 is 6.00. The molecule has 1 N–H and O–H groups in total. The van der Waals surface area contributed by atoms with Gasteiger partial charge in [0.2, 0.25) is 15.9 Å². The number of hydrogen-bond donors (Lipinski definition) is 1. The van der Waals surface area contributed by atoms with E-state index in [4.69, 9.17) is 11.6 Å². The van der Waals surface area contributed by atoms with E-state index in [0.29, 0.717) is 0 Å². The van der Waals surface area contributed by atoms with Gasteiger partial charge >= 0.3 is 0 Å². The van der Waals surface area contributed by atoms with Crippen molar-refractivity contribution >= 4 is 33.4 Å². The molecule has 1 rings (SSSR count). The summed E-state index contributed by atoms with van der Waals surface area (Å²) in [7, 11) is 0.858. The maximum atomic E-state index is 12.5. The fourth-order valence-electron chi connectivity index (χ4n) is 1.69. The fraction of sp³-hybridized carbons (Fsp3) is 0.467. The molecule has 0 unspecified atom stereocenters. The predicted octanol–water partition coefficient (Wildman–Crippen LogP) is 1.19. The molecule has 0 aliphatic rings. The Morgan fingerprint density at radius 1 is 1.21 bits per heavy atom. The second-order valence-corrected chi connectivity index (χ2v) is 8.13. The van der Waals surface area contributed by atoms with Crippen molar-refractivity contribution in [3.63, 3.8) is 0 Å². The molecule has 24 heavy (non-hydrogen) atoms. The van der Waals surface area contributed by atoms with Crippen LogP contribution in [0.3, 0.4) is 0 Å². The molecular formula is C15H22ClN3O4S. The van der Waals surface area contributed by atoms with Crippen LogP contribution in [0.1, 0.15) is 24.2 Å². The third-order valence-electron chi connectivity index (χ3n) is 3.49. The molecule has 0 bridgehead atoms. The van der Waals surface area contributed by atoms with Crippen molar-refractivity contribution in [1.29, 1.82) is 0 Å². The normalized spacial score (nSPS) is 11.7. The van der Waals surface area contributed by atoms with E-state index in [0.717, 1.165) is 0 Å². The van der Waals surface area contributed by atoms with E-state index >= 15 is 0 Å². The van der Waals surface area contributed by atoms with Crippen molar-refractivity contribution in [3.05, 3.63) is 28.8 Å². The molecule has 1 aromatic carbocycles. The van der Waals surface area contributed by atoms with Crippen LogP contribution in [0.15, 0.2) is 23.1 Å². The van der Waals surface area contributed by atoms with E-state index in [2.05, 4.69) is 5.32 Å². The van der Waals surface area contributed by atoms with Crippen LogP contribution < -0.4 is 5.32 Å². The molecule has 0 aromatic heterocycles. The lowest BCUT2D eigenvalue weighted by Gasteiger charge is -2.21. The first-order chi connectivity index (χ1) is 11.0. The number of nitrogens with zero attached hydrogens (tertiary/aromatic N) is 2. The summed E-state index contributed by atoms with van der Waals surface area (Å²) in [5.74, 6) is -0.901. The number of amides is 2. The zero-order chi connectivity index (χ0) is 18.7. The maximum Gasteiger partial charge on any atom is 0.253 e. The summed E-state index contributed by atoms with van der Waals surface area (Å²) in [6, 6.07) is 3.68. The highest BCUT2D eigenvalue weighted by molar-refractivity contribution is 7.89. The molecule has 0 atom stereocenters. The van der Waals surface area contributed by atoms with Crippen LogP contribution in [0, 0.1) is 0 Å². The molecular weight excluding hydrogens is 354 g/mol. The molecule has 134 valence electrons. The van der Waals surface area contributed by atoms with Gasteiger partial charge in [0.1, 0.15) is 0 Å². The van der Waals surface area contributed by atoms with E-state index in [9.17, 15) is 18.0 Å². The lowest BCUT2D eigenvalue weighted by molar-refractivity contribution is -0.127. The molecule has 2 amide bonds. The molecule has 0 saturated carbocycles. The van der Waals surface area contributed by atoms with Crippen molar-refractivity contribution in [2.75, 3.05) is 27.7 Å². The predicted molar refractivity (Wildman–Crippen MR) is 92.6 cm³/mol. The summed E-state index contributed by atoms with van der Waals surface area (Å²) in [5, 5.41) is 2.54. The minimum absolute atomic E-state index is 0.00135. The lowest BCUT2D eigenvalue weighted by Crippen LogP contribution is -2.36. The largest absolute Gasteiger partial charge is 0.347 e. The van der Waals surface area contributed by atoms with Gasteiger partial charge in [-0.25, -0.2) is 8.42 Å². The van der Waals surface area contributed by atoms with Crippen LogP contribution in [0.25, 0.3) is 0 Å². The standard InChI is InChI=1S/C15H22ClN3O4S/c1-10(2)19(5)24(22,23)11-6-7-13(16)12(8-11)15(21)17-9-14(20)18(3)4/h6-8,10H,9H2,1-5H3,(H,17,21). The number of sulfonamides is 1. The van der Waals surface area contributed by atoms with E-state index in [1.54, 1.807) is 27.9 Å². The molecule has 0 spiro atoms. The molecule has 7 nitrogen and oxygen atoms in total. The minimum Gasteiger partial charge on any atom is -0.347 e. The highest BCUT2D eigenvalue weighted by Gasteiger charge is 2.25. The fourth-order valence-corrected chi connectivity index (χ4v) is 3.29. The van der Waals surface area contributed by atoms with Gasteiger partial charge < -0.3 is 10.2 Å². The first-order valence-electron chi connectivity index (χ1n) is 7.24. The van der Waals surface area contributed by atoms with Crippen LogP contribution in [-0.2, 0) is 14.8 Å². The number of nitrogens with one attached hydrogen (secondary N) is 1. The van der Waals surface area contributed by atoms with Crippen molar-refractivity contribution in [2.45, 2.75) is 24.8 Å². The first kappa shape index (κ1) is 20.4. The highest BCUT2D eigenvalue weighted by atomic mass is 35.5. The Hall–Kier alpha value is -1.64.